The first-order chi connectivity index (χ1) is 16.5. The molecular formula is C25H43ClN4O6S. The number of nitrogens with zero attached hydrogens (tertiary/aromatic N) is 1. The molecule has 1 aromatic rings. The third-order valence-electron chi connectivity index (χ3n) is 5.94. The Labute approximate surface area is 227 Å². The molecule has 2 rings (SSSR count). The molecule has 0 saturated heterocycles. The Hall–Kier alpha value is -2.08. The molecular weight excluding hydrogens is 520 g/mol. The number of esters is 1. The summed E-state index contributed by atoms with van der Waals surface area (Å²) < 4.78 is 40.6. The van der Waals surface area contributed by atoms with Crippen molar-refractivity contribution < 1.29 is 27.5 Å². The van der Waals surface area contributed by atoms with Crippen molar-refractivity contribution in [1.29, 1.82) is 0 Å². The van der Waals surface area contributed by atoms with Gasteiger partial charge >= 0.3 is 5.97 Å². The molecule has 0 saturated carbocycles. The highest BCUT2D eigenvalue weighted by Gasteiger charge is 2.37. The predicted molar refractivity (Wildman–Crippen MR) is 147 cm³/mol. The number of hydrogen-bond acceptors (Lipinski definition) is 8. The van der Waals surface area contributed by atoms with E-state index >= 15 is 0 Å². The third kappa shape index (κ3) is 8.73. The molecule has 10 nitrogen and oxygen atoms in total. The highest BCUT2D eigenvalue weighted by atomic mass is 35.5. The van der Waals surface area contributed by atoms with E-state index in [0.717, 1.165) is 16.9 Å². The second-order valence-corrected chi connectivity index (χ2v) is 12.4. The quantitative estimate of drug-likeness (QED) is 0.137. The molecule has 212 valence electrons. The SMILES string of the molecule is COC(=O)[C@@H](N)CCCCN=C(NOC(C)(C)C)NS(=O)(=O)c1c(C)c(C)c2c(c1C)CC(C)(C)O2.Cl. The van der Waals surface area contributed by atoms with Crippen molar-refractivity contribution >= 4 is 34.4 Å². The van der Waals surface area contributed by atoms with Crippen LogP contribution in [0.4, 0.5) is 0 Å². The number of unbranched alkanes of at least 4 members (excludes halogenated alkanes) is 1. The van der Waals surface area contributed by atoms with Crippen LogP contribution in [0.25, 0.3) is 0 Å². The molecule has 0 unspecified atom stereocenters. The maximum Gasteiger partial charge on any atom is 0.322 e. The number of benzene rings is 1. The number of hydrogen-bond donors (Lipinski definition) is 3. The topological polar surface area (TPSA) is 141 Å². The van der Waals surface area contributed by atoms with E-state index in [4.69, 9.17) is 15.3 Å². The first-order valence-electron chi connectivity index (χ1n) is 12.2. The van der Waals surface area contributed by atoms with Gasteiger partial charge in [-0.3, -0.25) is 14.6 Å². The van der Waals surface area contributed by atoms with Gasteiger partial charge in [0.15, 0.2) is 0 Å². The first-order valence-corrected chi connectivity index (χ1v) is 13.6. The Morgan fingerprint density at radius 1 is 1.16 bits per heavy atom. The number of aliphatic imine (C=N–C) groups is 1. The fraction of sp³-hybridized carbons (Fsp3) is 0.680. The van der Waals surface area contributed by atoms with Crippen molar-refractivity contribution in [2.24, 2.45) is 10.7 Å². The molecule has 0 spiro atoms. The van der Waals surface area contributed by atoms with E-state index in [2.05, 4.69) is 19.9 Å². The lowest BCUT2D eigenvalue weighted by Crippen LogP contribution is -2.44. The standard InChI is InChI=1S/C25H42N4O6S.ClH/c1-15-16(2)21(17(3)18-14-25(7,8)34-20(15)18)36(31,32)29-23(28-35-24(4,5)6)27-13-11-10-12-19(26)22(30)33-9;/h19H,10-14,26H2,1-9H3,(H2,27,28,29);1H/t19-;/m0./s1. The summed E-state index contributed by atoms with van der Waals surface area (Å²) in [6.45, 7) is 15.3. The van der Waals surface area contributed by atoms with Crippen molar-refractivity contribution in [3.63, 3.8) is 0 Å². The van der Waals surface area contributed by atoms with Crippen molar-refractivity contribution in [2.75, 3.05) is 13.7 Å². The second kappa shape index (κ2) is 12.6. The number of nitrogens with one attached hydrogen (secondary N) is 2. The van der Waals surface area contributed by atoms with Crippen LogP contribution >= 0.6 is 12.4 Å². The van der Waals surface area contributed by atoms with Crippen LogP contribution in [0, 0.1) is 20.8 Å². The van der Waals surface area contributed by atoms with E-state index in [9.17, 15) is 13.2 Å². The first kappa shape index (κ1) is 32.9. The molecule has 4 N–H and O–H groups in total. The summed E-state index contributed by atoms with van der Waals surface area (Å²) in [5.41, 5.74) is 10.5. The molecule has 1 aromatic carbocycles. The van der Waals surface area contributed by atoms with Gasteiger partial charge in [0.05, 0.1) is 17.6 Å². The van der Waals surface area contributed by atoms with Gasteiger partial charge in [0.25, 0.3) is 10.0 Å². The lowest BCUT2D eigenvalue weighted by molar-refractivity contribution is -0.142. The average Bonchev–Trinajstić information content (AvgIpc) is 3.09. The Kier molecular flexibility index (Phi) is 11.3. The van der Waals surface area contributed by atoms with Crippen LogP contribution in [-0.2, 0) is 30.8 Å². The van der Waals surface area contributed by atoms with Gasteiger partial charge in [0.2, 0.25) is 5.96 Å². The number of carbonyl (C=O) groups is 1. The highest BCUT2D eigenvalue weighted by molar-refractivity contribution is 7.90. The van der Waals surface area contributed by atoms with Gasteiger partial charge < -0.3 is 15.2 Å². The van der Waals surface area contributed by atoms with Crippen LogP contribution in [0.15, 0.2) is 9.89 Å². The van der Waals surface area contributed by atoms with Gasteiger partial charge in [0.1, 0.15) is 17.4 Å². The maximum atomic E-state index is 13.6. The Morgan fingerprint density at radius 3 is 2.35 bits per heavy atom. The Bertz CT molecular complexity index is 1110. The van der Waals surface area contributed by atoms with Crippen LogP contribution in [0.5, 0.6) is 5.75 Å². The number of carbonyl (C=O) groups excluding carboxylic acids is 1. The Balaban J connectivity index is 0.00000684. The number of hydroxylamine groups is 1. The van der Waals surface area contributed by atoms with Crippen LogP contribution < -0.4 is 20.7 Å². The molecule has 37 heavy (non-hydrogen) atoms. The molecule has 0 radical (unpaired) electrons. The van der Waals surface area contributed by atoms with Crippen LogP contribution in [0.2, 0.25) is 0 Å². The summed E-state index contributed by atoms with van der Waals surface area (Å²) in [5, 5.41) is 0. The van der Waals surface area contributed by atoms with E-state index in [1.54, 1.807) is 6.92 Å². The molecule has 1 atom stereocenters. The largest absolute Gasteiger partial charge is 0.487 e. The van der Waals surface area contributed by atoms with E-state index in [1.807, 2.05) is 48.5 Å². The lowest BCUT2D eigenvalue weighted by Gasteiger charge is -2.23. The molecule has 0 bridgehead atoms. The van der Waals surface area contributed by atoms with Gasteiger partial charge in [0, 0.05) is 18.5 Å². The minimum absolute atomic E-state index is 0. The summed E-state index contributed by atoms with van der Waals surface area (Å²) in [7, 11) is -2.70. The van der Waals surface area contributed by atoms with E-state index < -0.39 is 33.2 Å². The van der Waals surface area contributed by atoms with E-state index in [0.29, 0.717) is 43.4 Å². The third-order valence-corrected chi connectivity index (χ3v) is 7.55. The molecule has 1 aliphatic heterocycles. The number of ether oxygens (including phenoxy) is 2. The summed E-state index contributed by atoms with van der Waals surface area (Å²) in [4.78, 5) is 21.6. The molecule has 12 heteroatoms. The molecule has 0 fully saturated rings. The minimum atomic E-state index is -4.00. The minimum Gasteiger partial charge on any atom is -0.487 e. The average molecular weight is 563 g/mol. The second-order valence-electron chi connectivity index (χ2n) is 10.8. The smallest absolute Gasteiger partial charge is 0.322 e. The number of sulfonamides is 1. The van der Waals surface area contributed by atoms with Gasteiger partial charge in [-0.2, -0.15) is 0 Å². The van der Waals surface area contributed by atoms with Gasteiger partial charge in [-0.15, -0.1) is 12.4 Å². The summed E-state index contributed by atoms with van der Waals surface area (Å²) in [6, 6.07) is -0.692. The van der Waals surface area contributed by atoms with E-state index in [-0.39, 0.29) is 23.3 Å². The molecule has 0 aliphatic carbocycles. The predicted octanol–water partition coefficient (Wildman–Crippen LogP) is 3.37. The van der Waals surface area contributed by atoms with Crippen molar-refractivity contribution in [3.8, 4) is 5.75 Å². The van der Waals surface area contributed by atoms with Gasteiger partial charge in [-0.1, -0.05) is 0 Å². The zero-order valence-corrected chi connectivity index (χ0v) is 25.0. The lowest BCUT2D eigenvalue weighted by atomic mass is 9.94. The zero-order valence-electron chi connectivity index (χ0n) is 23.4. The normalized spacial score (nSPS) is 15.8. The molecule has 0 aromatic heterocycles. The number of nitrogens with two attached hydrogens (primary N) is 1. The fourth-order valence-corrected chi connectivity index (χ4v) is 5.59. The van der Waals surface area contributed by atoms with Gasteiger partial charge in [-0.05, 0) is 91.3 Å². The van der Waals surface area contributed by atoms with Crippen molar-refractivity contribution in [3.05, 3.63) is 22.3 Å². The van der Waals surface area contributed by atoms with Crippen molar-refractivity contribution in [2.45, 2.75) is 103 Å². The summed E-state index contributed by atoms with van der Waals surface area (Å²) >= 11 is 0. The van der Waals surface area contributed by atoms with E-state index in [1.165, 1.54) is 7.11 Å². The number of guanidine groups is 1. The number of rotatable bonds is 9. The summed E-state index contributed by atoms with van der Waals surface area (Å²) in [6.07, 6.45) is 2.28. The zero-order chi connectivity index (χ0) is 27.5. The summed E-state index contributed by atoms with van der Waals surface area (Å²) in [5.74, 6) is 0.286. The molecule has 1 aliphatic rings. The van der Waals surface area contributed by atoms with Crippen molar-refractivity contribution in [1.82, 2.24) is 10.2 Å². The molecule has 1 heterocycles. The fourth-order valence-electron chi connectivity index (χ4n) is 4.05. The van der Waals surface area contributed by atoms with Gasteiger partial charge in [-0.25, -0.2) is 18.6 Å². The number of halogens is 1. The van der Waals surface area contributed by atoms with Crippen LogP contribution in [0.1, 0.15) is 76.1 Å². The monoisotopic (exact) mass is 562 g/mol. The number of fused-ring (bicyclic) bond motifs is 1. The number of methoxy groups -OCH3 is 1. The highest BCUT2D eigenvalue weighted by Crippen LogP contribution is 2.43. The van der Waals surface area contributed by atoms with Crippen LogP contribution in [0.3, 0.4) is 0 Å². The molecule has 0 amide bonds. The Morgan fingerprint density at radius 2 is 1.78 bits per heavy atom. The van der Waals surface area contributed by atoms with Crippen LogP contribution in [-0.4, -0.2) is 51.2 Å². The maximum absolute atomic E-state index is 13.6.